The largest absolute Gasteiger partial charge is 0.367 e. The minimum absolute atomic E-state index is 0.0551. The fourth-order valence-electron chi connectivity index (χ4n) is 3.14. The number of benzene rings is 1. The lowest BCUT2D eigenvalue weighted by Gasteiger charge is -2.36. The first-order valence-electron chi connectivity index (χ1n) is 7.99. The van der Waals surface area contributed by atoms with Crippen molar-refractivity contribution in [2.75, 3.05) is 31.1 Å². The Bertz CT molecular complexity index is 876. The van der Waals surface area contributed by atoms with Crippen LogP contribution in [0, 0.1) is 6.92 Å². The van der Waals surface area contributed by atoms with Gasteiger partial charge in [-0.05, 0) is 19.1 Å². The van der Waals surface area contributed by atoms with Crippen LogP contribution in [-0.2, 0) is 0 Å². The number of pyridine rings is 1. The average Bonchev–Trinajstić information content (AvgIpc) is 3.07. The Morgan fingerprint density at radius 1 is 1.08 bits per heavy atom. The predicted octanol–water partition coefficient (Wildman–Crippen LogP) is 1.62. The van der Waals surface area contributed by atoms with Crippen molar-refractivity contribution in [2.24, 2.45) is 0 Å². The number of hydrogen-bond acceptors (Lipinski definition) is 5. The third-order valence-corrected chi connectivity index (χ3v) is 4.46. The van der Waals surface area contributed by atoms with E-state index in [2.05, 4.69) is 31.4 Å². The zero-order chi connectivity index (χ0) is 16.5. The van der Waals surface area contributed by atoms with Crippen LogP contribution in [0.15, 0.2) is 36.5 Å². The molecular formula is C17H18N6O. The monoisotopic (exact) mass is 322 g/mol. The van der Waals surface area contributed by atoms with Gasteiger partial charge in [0.25, 0.3) is 5.91 Å². The molecule has 0 bridgehead atoms. The number of anilines is 1. The van der Waals surface area contributed by atoms with Crippen LogP contribution >= 0.6 is 0 Å². The van der Waals surface area contributed by atoms with Gasteiger partial charge in [-0.3, -0.25) is 9.78 Å². The van der Waals surface area contributed by atoms with E-state index in [-0.39, 0.29) is 5.91 Å². The van der Waals surface area contributed by atoms with E-state index in [0.29, 0.717) is 24.5 Å². The second-order valence-electron chi connectivity index (χ2n) is 5.88. The highest BCUT2D eigenvalue weighted by molar-refractivity contribution is 5.94. The van der Waals surface area contributed by atoms with E-state index in [0.717, 1.165) is 24.0 Å². The Balaban J connectivity index is 1.52. The van der Waals surface area contributed by atoms with Gasteiger partial charge in [0.2, 0.25) is 0 Å². The van der Waals surface area contributed by atoms with Gasteiger partial charge in [0.05, 0.1) is 11.2 Å². The maximum absolute atomic E-state index is 12.5. The Kier molecular flexibility index (Phi) is 3.60. The average molecular weight is 322 g/mol. The van der Waals surface area contributed by atoms with E-state index in [1.807, 2.05) is 35.4 Å². The molecule has 7 nitrogen and oxygen atoms in total. The minimum atomic E-state index is -0.0551. The number of nitrogens with one attached hydrogen (secondary N) is 1. The molecule has 7 heteroatoms. The van der Waals surface area contributed by atoms with Gasteiger partial charge < -0.3 is 9.80 Å². The number of amides is 1. The number of H-pyrrole nitrogens is 1. The summed E-state index contributed by atoms with van der Waals surface area (Å²) in [4.78, 5) is 21.1. The van der Waals surface area contributed by atoms with E-state index in [9.17, 15) is 4.79 Å². The van der Waals surface area contributed by atoms with Crippen LogP contribution in [0.1, 0.15) is 16.2 Å². The second-order valence-corrected chi connectivity index (χ2v) is 5.88. The number of rotatable bonds is 2. The van der Waals surface area contributed by atoms with Gasteiger partial charge in [-0.15, -0.1) is 0 Å². The van der Waals surface area contributed by atoms with Gasteiger partial charge in [-0.2, -0.15) is 15.4 Å². The predicted molar refractivity (Wildman–Crippen MR) is 91.0 cm³/mol. The Morgan fingerprint density at radius 2 is 1.88 bits per heavy atom. The first kappa shape index (κ1) is 14.6. The fourth-order valence-corrected chi connectivity index (χ4v) is 3.14. The third kappa shape index (κ3) is 2.47. The van der Waals surface area contributed by atoms with Gasteiger partial charge >= 0.3 is 0 Å². The number of aryl methyl sites for hydroxylation is 1. The van der Waals surface area contributed by atoms with Crippen molar-refractivity contribution in [1.82, 2.24) is 25.3 Å². The summed E-state index contributed by atoms with van der Waals surface area (Å²) in [6.45, 7) is 4.70. The molecule has 3 heterocycles. The summed E-state index contributed by atoms with van der Waals surface area (Å²) in [6, 6.07) is 10.2. The van der Waals surface area contributed by atoms with Crippen molar-refractivity contribution in [2.45, 2.75) is 6.92 Å². The highest BCUT2D eigenvalue weighted by Gasteiger charge is 2.25. The number of carbonyl (C=O) groups excluding carboxylic acids is 1. The van der Waals surface area contributed by atoms with E-state index in [1.165, 1.54) is 5.69 Å². The van der Waals surface area contributed by atoms with Crippen LogP contribution in [0.3, 0.4) is 0 Å². The molecule has 0 atom stereocenters. The van der Waals surface area contributed by atoms with E-state index < -0.39 is 0 Å². The van der Waals surface area contributed by atoms with Gasteiger partial charge in [-0.25, -0.2) is 0 Å². The van der Waals surface area contributed by atoms with Crippen LogP contribution in [0.5, 0.6) is 0 Å². The summed E-state index contributed by atoms with van der Waals surface area (Å²) in [5, 5.41) is 11.5. The smallest absolute Gasteiger partial charge is 0.276 e. The van der Waals surface area contributed by atoms with Gasteiger partial charge in [0.15, 0.2) is 5.69 Å². The molecule has 122 valence electrons. The summed E-state index contributed by atoms with van der Waals surface area (Å²) < 4.78 is 0. The van der Waals surface area contributed by atoms with Crippen LogP contribution in [0.4, 0.5) is 5.69 Å². The molecule has 1 aromatic carbocycles. The molecule has 0 radical (unpaired) electrons. The lowest BCUT2D eigenvalue weighted by molar-refractivity contribution is 0.0740. The number of hydrogen-bond donors (Lipinski definition) is 1. The topological polar surface area (TPSA) is 78.0 Å². The van der Waals surface area contributed by atoms with Gasteiger partial charge in [-0.1, -0.05) is 18.2 Å². The highest BCUT2D eigenvalue weighted by Crippen LogP contribution is 2.26. The second kappa shape index (κ2) is 5.92. The SMILES string of the molecule is Cc1n[nH]nc1C(=O)N1CCN(c2ccnc3ccccc23)CC1. The Morgan fingerprint density at radius 3 is 2.62 bits per heavy atom. The van der Waals surface area contributed by atoms with Crippen LogP contribution in [0.25, 0.3) is 10.9 Å². The summed E-state index contributed by atoms with van der Waals surface area (Å²) in [6.07, 6.45) is 1.84. The maximum Gasteiger partial charge on any atom is 0.276 e. The number of carbonyl (C=O) groups is 1. The van der Waals surface area contributed by atoms with Gasteiger partial charge in [0, 0.05) is 43.4 Å². The van der Waals surface area contributed by atoms with Crippen LogP contribution in [-0.4, -0.2) is 57.4 Å². The van der Waals surface area contributed by atoms with Crippen LogP contribution < -0.4 is 4.90 Å². The molecule has 0 aliphatic carbocycles. The molecule has 1 N–H and O–H groups in total. The molecule has 1 fully saturated rings. The molecule has 1 amide bonds. The van der Waals surface area contributed by atoms with E-state index in [4.69, 9.17) is 0 Å². The first-order chi connectivity index (χ1) is 11.7. The number of nitrogens with zero attached hydrogens (tertiary/aromatic N) is 5. The number of aromatic amines is 1. The van der Waals surface area contributed by atoms with Crippen molar-refractivity contribution in [3.8, 4) is 0 Å². The number of aromatic nitrogens is 4. The maximum atomic E-state index is 12.5. The molecule has 4 rings (SSSR count). The van der Waals surface area contributed by atoms with Crippen molar-refractivity contribution in [3.63, 3.8) is 0 Å². The molecule has 3 aromatic rings. The van der Waals surface area contributed by atoms with Crippen molar-refractivity contribution in [3.05, 3.63) is 47.9 Å². The van der Waals surface area contributed by atoms with Crippen molar-refractivity contribution in [1.29, 1.82) is 0 Å². The van der Waals surface area contributed by atoms with E-state index in [1.54, 1.807) is 6.92 Å². The molecule has 0 spiro atoms. The zero-order valence-corrected chi connectivity index (χ0v) is 13.4. The summed E-state index contributed by atoms with van der Waals surface area (Å²) in [7, 11) is 0. The van der Waals surface area contributed by atoms with Crippen molar-refractivity contribution < 1.29 is 4.79 Å². The summed E-state index contributed by atoms with van der Waals surface area (Å²) in [5.41, 5.74) is 3.22. The molecule has 1 aliphatic heterocycles. The molecule has 0 saturated carbocycles. The molecule has 1 saturated heterocycles. The number of para-hydroxylation sites is 1. The highest BCUT2D eigenvalue weighted by atomic mass is 16.2. The Hall–Kier alpha value is -2.96. The summed E-state index contributed by atoms with van der Waals surface area (Å²) >= 11 is 0. The quantitative estimate of drug-likeness (QED) is 0.776. The summed E-state index contributed by atoms with van der Waals surface area (Å²) in [5.74, 6) is -0.0551. The van der Waals surface area contributed by atoms with Crippen LogP contribution in [0.2, 0.25) is 0 Å². The molecule has 2 aromatic heterocycles. The minimum Gasteiger partial charge on any atom is -0.367 e. The molecule has 1 aliphatic rings. The lowest BCUT2D eigenvalue weighted by atomic mass is 10.1. The normalized spacial score (nSPS) is 15.0. The Labute approximate surface area is 139 Å². The molecule has 0 unspecified atom stereocenters. The number of piperazine rings is 1. The lowest BCUT2D eigenvalue weighted by Crippen LogP contribution is -2.49. The van der Waals surface area contributed by atoms with Crippen molar-refractivity contribution >= 4 is 22.5 Å². The first-order valence-corrected chi connectivity index (χ1v) is 7.99. The third-order valence-electron chi connectivity index (χ3n) is 4.46. The number of fused-ring (bicyclic) bond motifs is 1. The van der Waals surface area contributed by atoms with E-state index >= 15 is 0 Å². The molecular weight excluding hydrogens is 304 g/mol. The van der Waals surface area contributed by atoms with Gasteiger partial charge in [0.1, 0.15) is 0 Å². The fraction of sp³-hybridized carbons (Fsp3) is 0.294. The zero-order valence-electron chi connectivity index (χ0n) is 13.4. The molecule has 24 heavy (non-hydrogen) atoms. The standard InChI is InChI=1S/C17H18N6O/c1-12-16(20-21-19-12)17(24)23-10-8-22(9-11-23)15-6-7-18-14-5-3-2-4-13(14)15/h2-7H,8-11H2,1H3,(H,19,20,21).